The maximum absolute atomic E-state index is 13.8. The number of methoxy groups -OCH3 is 1. The van der Waals surface area contributed by atoms with Crippen molar-refractivity contribution in [1.82, 2.24) is 9.29 Å². The summed E-state index contributed by atoms with van der Waals surface area (Å²) in [7, 11) is -2.43. The predicted octanol–water partition coefficient (Wildman–Crippen LogP) is 5.36. The van der Waals surface area contributed by atoms with Gasteiger partial charge < -0.3 is 10.1 Å². The van der Waals surface area contributed by atoms with E-state index < -0.39 is 15.8 Å². The van der Waals surface area contributed by atoms with Gasteiger partial charge in [0.15, 0.2) is 0 Å². The lowest BCUT2D eigenvalue weighted by atomic mass is 10.1. The van der Waals surface area contributed by atoms with Gasteiger partial charge in [0.05, 0.1) is 12.0 Å². The van der Waals surface area contributed by atoms with E-state index in [0.717, 1.165) is 12.0 Å². The molecule has 5 rings (SSSR count). The molecule has 1 heterocycles. The Morgan fingerprint density at radius 1 is 0.974 bits per heavy atom. The number of halogens is 1. The van der Waals surface area contributed by atoms with Gasteiger partial charge >= 0.3 is 0 Å². The fourth-order valence-corrected chi connectivity index (χ4v) is 6.01. The summed E-state index contributed by atoms with van der Waals surface area (Å²) in [5.41, 5.74) is 2.95. The Balaban J connectivity index is 1.34. The molecule has 0 aliphatic heterocycles. The Morgan fingerprint density at radius 2 is 1.67 bits per heavy atom. The maximum atomic E-state index is 13.8. The van der Waals surface area contributed by atoms with E-state index in [4.69, 9.17) is 4.74 Å². The van der Waals surface area contributed by atoms with Crippen LogP contribution in [0.25, 0.3) is 0 Å². The Bertz CT molecular complexity index is 1550. The van der Waals surface area contributed by atoms with Crippen LogP contribution < -0.4 is 10.1 Å². The second-order valence-electron chi connectivity index (χ2n) is 9.45. The first-order chi connectivity index (χ1) is 18.8. The number of anilines is 1. The summed E-state index contributed by atoms with van der Waals surface area (Å²) in [6, 6.07) is 22.9. The zero-order valence-electron chi connectivity index (χ0n) is 21.3. The van der Waals surface area contributed by atoms with Gasteiger partial charge in [-0.05, 0) is 78.1 Å². The SMILES string of the molecule is COc1ccccc1CN(Cc1ccc(F)cc1)S(=O)(=O)c1ccc(NC(=O)C2CC2c2ccncc2)cc1. The number of nitrogens with one attached hydrogen (secondary N) is 1. The highest BCUT2D eigenvalue weighted by Gasteiger charge is 2.43. The zero-order valence-corrected chi connectivity index (χ0v) is 22.1. The van der Waals surface area contributed by atoms with Crippen LogP contribution in [0, 0.1) is 11.7 Å². The van der Waals surface area contributed by atoms with Gasteiger partial charge in [0, 0.05) is 42.7 Å². The third kappa shape index (κ3) is 6.16. The van der Waals surface area contributed by atoms with E-state index in [2.05, 4.69) is 10.3 Å². The molecule has 1 aliphatic carbocycles. The van der Waals surface area contributed by atoms with Gasteiger partial charge in [-0.15, -0.1) is 0 Å². The molecule has 3 aromatic carbocycles. The second-order valence-corrected chi connectivity index (χ2v) is 11.4. The summed E-state index contributed by atoms with van der Waals surface area (Å²) in [6.45, 7) is 0.0948. The molecule has 1 amide bonds. The monoisotopic (exact) mass is 545 g/mol. The van der Waals surface area contributed by atoms with Gasteiger partial charge in [-0.2, -0.15) is 4.31 Å². The first-order valence-electron chi connectivity index (χ1n) is 12.5. The number of carbonyl (C=O) groups is 1. The number of benzene rings is 3. The van der Waals surface area contributed by atoms with E-state index in [1.807, 2.05) is 30.3 Å². The lowest BCUT2D eigenvalue weighted by Gasteiger charge is -2.23. The Labute approximate surface area is 227 Å². The van der Waals surface area contributed by atoms with Crippen molar-refractivity contribution >= 4 is 21.6 Å². The van der Waals surface area contributed by atoms with E-state index in [0.29, 0.717) is 22.6 Å². The smallest absolute Gasteiger partial charge is 0.243 e. The van der Waals surface area contributed by atoms with Crippen molar-refractivity contribution in [3.05, 3.63) is 120 Å². The van der Waals surface area contributed by atoms with Gasteiger partial charge in [-0.3, -0.25) is 9.78 Å². The Hall–Kier alpha value is -4.08. The van der Waals surface area contributed by atoms with Gasteiger partial charge in [-0.1, -0.05) is 30.3 Å². The third-order valence-electron chi connectivity index (χ3n) is 6.83. The van der Waals surface area contributed by atoms with Crippen molar-refractivity contribution in [3.8, 4) is 5.75 Å². The molecule has 2 atom stereocenters. The molecular formula is C30H28FN3O4S. The van der Waals surface area contributed by atoms with Gasteiger partial charge in [0.25, 0.3) is 0 Å². The number of sulfonamides is 1. The van der Waals surface area contributed by atoms with E-state index in [9.17, 15) is 17.6 Å². The number of para-hydroxylation sites is 1. The number of carbonyl (C=O) groups excluding carboxylic acids is 1. The first-order valence-corrected chi connectivity index (χ1v) is 14.0. The molecular weight excluding hydrogens is 517 g/mol. The van der Waals surface area contributed by atoms with E-state index in [-0.39, 0.29) is 35.7 Å². The molecule has 2 unspecified atom stereocenters. The topological polar surface area (TPSA) is 88.6 Å². The van der Waals surface area contributed by atoms with E-state index >= 15 is 0 Å². The van der Waals surface area contributed by atoms with Gasteiger partial charge in [0.1, 0.15) is 11.6 Å². The molecule has 1 aliphatic rings. The molecule has 9 heteroatoms. The number of pyridine rings is 1. The first kappa shape index (κ1) is 26.5. The summed E-state index contributed by atoms with van der Waals surface area (Å²) >= 11 is 0. The normalized spacial score (nSPS) is 16.6. The van der Waals surface area contributed by atoms with Crippen molar-refractivity contribution in [3.63, 3.8) is 0 Å². The number of aromatic nitrogens is 1. The number of ether oxygens (including phenoxy) is 1. The molecule has 0 bridgehead atoms. The van der Waals surface area contributed by atoms with Crippen molar-refractivity contribution in [2.45, 2.75) is 30.3 Å². The van der Waals surface area contributed by atoms with Crippen molar-refractivity contribution in [1.29, 1.82) is 0 Å². The van der Waals surface area contributed by atoms with Crippen LogP contribution in [0.3, 0.4) is 0 Å². The largest absolute Gasteiger partial charge is 0.496 e. The van der Waals surface area contributed by atoms with Crippen molar-refractivity contribution in [2.24, 2.45) is 5.92 Å². The van der Waals surface area contributed by atoms with Crippen LogP contribution in [0.5, 0.6) is 5.75 Å². The highest BCUT2D eigenvalue weighted by atomic mass is 32.2. The Morgan fingerprint density at radius 3 is 2.36 bits per heavy atom. The second kappa shape index (κ2) is 11.3. The molecule has 39 heavy (non-hydrogen) atoms. The highest BCUT2D eigenvalue weighted by molar-refractivity contribution is 7.89. The van der Waals surface area contributed by atoms with Crippen LogP contribution in [-0.4, -0.2) is 30.7 Å². The van der Waals surface area contributed by atoms with E-state index in [1.165, 1.54) is 35.7 Å². The minimum Gasteiger partial charge on any atom is -0.496 e. The summed E-state index contributed by atoms with van der Waals surface area (Å²) in [5, 5.41) is 2.90. The fourth-order valence-electron chi connectivity index (χ4n) is 4.60. The lowest BCUT2D eigenvalue weighted by molar-refractivity contribution is -0.117. The van der Waals surface area contributed by atoms with Crippen LogP contribution >= 0.6 is 0 Å². The minimum absolute atomic E-state index is 0.0389. The van der Waals surface area contributed by atoms with Crippen LogP contribution in [0.15, 0.2) is 102 Å². The zero-order chi connectivity index (χ0) is 27.4. The molecule has 7 nitrogen and oxygen atoms in total. The fraction of sp³-hybridized carbons (Fsp3) is 0.200. The third-order valence-corrected chi connectivity index (χ3v) is 8.64. The number of amides is 1. The molecule has 1 aromatic heterocycles. The number of rotatable bonds is 10. The molecule has 0 saturated heterocycles. The molecule has 1 saturated carbocycles. The lowest BCUT2D eigenvalue weighted by Crippen LogP contribution is -2.30. The number of hydrogen-bond donors (Lipinski definition) is 1. The highest BCUT2D eigenvalue weighted by Crippen LogP contribution is 2.47. The summed E-state index contributed by atoms with van der Waals surface area (Å²) in [5.74, 6) is 0.126. The van der Waals surface area contributed by atoms with Crippen molar-refractivity contribution in [2.75, 3.05) is 12.4 Å². The van der Waals surface area contributed by atoms with Gasteiger partial charge in [0.2, 0.25) is 15.9 Å². The number of hydrogen-bond acceptors (Lipinski definition) is 5. The molecule has 1 fully saturated rings. The molecule has 0 spiro atoms. The number of nitrogens with zero attached hydrogens (tertiary/aromatic N) is 2. The standard InChI is InChI=1S/C30H28FN3O4S/c1-38-29-5-3-2-4-23(29)20-34(19-21-6-8-24(31)9-7-21)39(36,37)26-12-10-25(11-13-26)33-30(35)28-18-27(28)22-14-16-32-17-15-22/h2-17,27-28H,18-20H2,1H3,(H,33,35). The quantitative estimate of drug-likeness (QED) is 0.290. The average molecular weight is 546 g/mol. The summed E-state index contributed by atoms with van der Waals surface area (Å²) in [4.78, 5) is 16.8. The average Bonchev–Trinajstić information content (AvgIpc) is 3.76. The minimum atomic E-state index is -3.96. The van der Waals surface area contributed by atoms with Crippen LogP contribution in [0.2, 0.25) is 0 Å². The maximum Gasteiger partial charge on any atom is 0.243 e. The summed E-state index contributed by atoms with van der Waals surface area (Å²) in [6.07, 6.45) is 4.20. The molecule has 1 N–H and O–H groups in total. The predicted molar refractivity (Wildman–Crippen MR) is 146 cm³/mol. The van der Waals surface area contributed by atoms with Crippen LogP contribution in [0.1, 0.15) is 29.0 Å². The van der Waals surface area contributed by atoms with Crippen molar-refractivity contribution < 1.29 is 22.3 Å². The molecule has 4 aromatic rings. The van der Waals surface area contributed by atoms with Crippen LogP contribution in [-0.2, 0) is 27.9 Å². The summed E-state index contributed by atoms with van der Waals surface area (Å²) < 4.78 is 47.8. The molecule has 200 valence electrons. The molecule has 0 radical (unpaired) electrons. The van der Waals surface area contributed by atoms with Gasteiger partial charge in [-0.25, -0.2) is 12.8 Å². The van der Waals surface area contributed by atoms with Crippen LogP contribution in [0.4, 0.5) is 10.1 Å². The van der Waals surface area contributed by atoms with E-state index in [1.54, 1.807) is 42.7 Å². The Kier molecular flexibility index (Phi) is 7.72.